The Bertz CT molecular complexity index is 710. The lowest BCUT2D eigenvalue weighted by molar-refractivity contribution is 0.242. The third-order valence-corrected chi connectivity index (χ3v) is 5.04. The minimum Gasteiger partial charge on any atom is -0.494 e. The highest BCUT2D eigenvalue weighted by Crippen LogP contribution is 2.24. The summed E-state index contributed by atoms with van der Waals surface area (Å²) in [5.74, 6) is 1.92. The second-order valence-corrected chi connectivity index (χ2v) is 6.89. The summed E-state index contributed by atoms with van der Waals surface area (Å²) in [5, 5.41) is 3.49. The van der Waals surface area contributed by atoms with Crippen LogP contribution in [-0.2, 0) is 19.5 Å². The summed E-state index contributed by atoms with van der Waals surface area (Å²) in [6.07, 6.45) is 5.43. The van der Waals surface area contributed by atoms with Crippen LogP contribution < -0.4 is 10.1 Å². The van der Waals surface area contributed by atoms with Gasteiger partial charge in [0.1, 0.15) is 11.6 Å². The van der Waals surface area contributed by atoms with E-state index in [4.69, 9.17) is 9.72 Å². The standard InChI is InChI=1S/C20H26N4O/c1-2-25-17-7-5-15(6-8-17)13-24-11-9-18-16(14-24)12-22-20(23-18)19-4-3-10-21-19/h5-8,12,19,21H,2-4,9-11,13-14H2,1H3. The van der Waals surface area contributed by atoms with Gasteiger partial charge in [0.25, 0.3) is 0 Å². The number of nitrogens with one attached hydrogen (secondary N) is 1. The molecule has 1 fully saturated rings. The predicted octanol–water partition coefficient (Wildman–Crippen LogP) is 2.86. The number of hydrogen-bond acceptors (Lipinski definition) is 5. The Kier molecular flexibility index (Phi) is 4.95. The number of nitrogens with zero attached hydrogens (tertiary/aromatic N) is 3. The van der Waals surface area contributed by atoms with Crippen molar-refractivity contribution >= 4 is 0 Å². The van der Waals surface area contributed by atoms with Gasteiger partial charge in [0.15, 0.2) is 0 Å². The largest absolute Gasteiger partial charge is 0.494 e. The molecule has 0 spiro atoms. The van der Waals surface area contributed by atoms with Crippen LogP contribution in [0.4, 0.5) is 0 Å². The van der Waals surface area contributed by atoms with E-state index in [0.29, 0.717) is 12.6 Å². The molecule has 0 radical (unpaired) electrons. The Labute approximate surface area is 149 Å². The van der Waals surface area contributed by atoms with E-state index in [9.17, 15) is 0 Å². The first-order chi connectivity index (χ1) is 12.3. The lowest BCUT2D eigenvalue weighted by Crippen LogP contribution is -2.31. The lowest BCUT2D eigenvalue weighted by atomic mass is 10.1. The van der Waals surface area contributed by atoms with Gasteiger partial charge in [-0.15, -0.1) is 0 Å². The van der Waals surface area contributed by atoms with E-state index in [1.165, 1.54) is 23.2 Å². The first-order valence-corrected chi connectivity index (χ1v) is 9.34. The summed E-state index contributed by atoms with van der Waals surface area (Å²) in [5.41, 5.74) is 3.83. The first kappa shape index (κ1) is 16.5. The summed E-state index contributed by atoms with van der Waals surface area (Å²) in [6, 6.07) is 8.78. The van der Waals surface area contributed by atoms with Crippen LogP contribution in [0.5, 0.6) is 5.75 Å². The van der Waals surface area contributed by atoms with Crippen molar-refractivity contribution in [2.75, 3.05) is 19.7 Å². The molecule has 1 atom stereocenters. The van der Waals surface area contributed by atoms with Crippen LogP contribution in [0, 0.1) is 0 Å². The lowest BCUT2D eigenvalue weighted by Gasteiger charge is -2.28. The molecule has 25 heavy (non-hydrogen) atoms. The summed E-state index contributed by atoms with van der Waals surface area (Å²) in [6.45, 7) is 6.74. The Hall–Kier alpha value is -1.98. The maximum Gasteiger partial charge on any atom is 0.145 e. The van der Waals surface area contributed by atoms with Gasteiger partial charge in [0, 0.05) is 43.5 Å². The zero-order valence-corrected chi connectivity index (χ0v) is 14.9. The Balaban J connectivity index is 1.40. The molecule has 2 aliphatic heterocycles. The average molecular weight is 338 g/mol. The average Bonchev–Trinajstić information content (AvgIpc) is 3.18. The van der Waals surface area contributed by atoms with Crippen LogP contribution in [0.15, 0.2) is 30.5 Å². The summed E-state index contributed by atoms with van der Waals surface area (Å²) in [4.78, 5) is 11.9. The Morgan fingerprint density at radius 3 is 2.92 bits per heavy atom. The van der Waals surface area contributed by atoms with E-state index in [-0.39, 0.29) is 0 Å². The highest BCUT2D eigenvalue weighted by molar-refractivity contribution is 5.28. The van der Waals surface area contributed by atoms with Gasteiger partial charge in [-0.1, -0.05) is 12.1 Å². The summed E-state index contributed by atoms with van der Waals surface area (Å²) >= 11 is 0. The Morgan fingerprint density at radius 2 is 2.16 bits per heavy atom. The molecule has 0 bridgehead atoms. The maximum atomic E-state index is 5.52. The molecule has 4 rings (SSSR count). The van der Waals surface area contributed by atoms with Gasteiger partial charge in [-0.05, 0) is 44.0 Å². The van der Waals surface area contributed by atoms with Crippen molar-refractivity contribution in [2.45, 2.75) is 45.3 Å². The fourth-order valence-electron chi connectivity index (χ4n) is 3.71. The van der Waals surface area contributed by atoms with E-state index in [1.54, 1.807) is 0 Å². The first-order valence-electron chi connectivity index (χ1n) is 9.34. The van der Waals surface area contributed by atoms with Crippen molar-refractivity contribution in [3.63, 3.8) is 0 Å². The fourth-order valence-corrected chi connectivity index (χ4v) is 3.71. The van der Waals surface area contributed by atoms with E-state index < -0.39 is 0 Å². The smallest absolute Gasteiger partial charge is 0.145 e. The van der Waals surface area contributed by atoms with Gasteiger partial charge >= 0.3 is 0 Å². The van der Waals surface area contributed by atoms with E-state index in [2.05, 4.69) is 39.5 Å². The van der Waals surface area contributed by atoms with Crippen LogP contribution in [0.3, 0.4) is 0 Å². The molecule has 1 saturated heterocycles. The Morgan fingerprint density at radius 1 is 1.28 bits per heavy atom. The second-order valence-electron chi connectivity index (χ2n) is 6.89. The molecule has 1 unspecified atom stereocenters. The highest BCUT2D eigenvalue weighted by atomic mass is 16.5. The second kappa shape index (κ2) is 7.50. The molecule has 1 aromatic carbocycles. The molecule has 0 saturated carbocycles. The van der Waals surface area contributed by atoms with Gasteiger partial charge in [-0.25, -0.2) is 9.97 Å². The highest BCUT2D eigenvalue weighted by Gasteiger charge is 2.23. The number of benzene rings is 1. The van der Waals surface area contributed by atoms with Crippen molar-refractivity contribution < 1.29 is 4.74 Å². The third-order valence-electron chi connectivity index (χ3n) is 5.04. The van der Waals surface area contributed by atoms with Crippen LogP contribution in [0.25, 0.3) is 0 Å². The van der Waals surface area contributed by atoms with Crippen molar-refractivity contribution in [1.82, 2.24) is 20.2 Å². The number of rotatable bonds is 5. The monoisotopic (exact) mass is 338 g/mol. The third kappa shape index (κ3) is 3.83. The van der Waals surface area contributed by atoms with Gasteiger partial charge in [0.2, 0.25) is 0 Å². The van der Waals surface area contributed by atoms with Crippen molar-refractivity contribution in [1.29, 1.82) is 0 Å². The number of ether oxygens (including phenoxy) is 1. The zero-order chi connectivity index (χ0) is 17.1. The number of hydrogen-bond donors (Lipinski definition) is 1. The zero-order valence-electron chi connectivity index (χ0n) is 14.9. The normalized spacial score (nSPS) is 20.4. The molecule has 5 nitrogen and oxygen atoms in total. The SMILES string of the molecule is CCOc1ccc(CN2CCc3nc(C4CCCN4)ncc3C2)cc1. The minimum atomic E-state index is 0.354. The van der Waals surface area contributed by atoms with Crippen molar-refractivity contribution in [2.24, 2.45) is 0 Å². The number of fused-ring (bicyclic) bond motifs is 1. The van der Waals surface area contributed by atoms with Gasteiger partial charge < -0.3 is 10.1 Å². The van der Waals surface area contributed by atoms with Gasteiger partial charge in [-0.2, -0.15) is 0 Å². The summed E-state index contributed by atoms with van der Waals surface area (Å²) < 4.78 is 5.52. The molecule has 0 aliphatic carbocycles. The van der Waals surface area contributed by atoms with Crippen LogP contribution in [-0.4, -0.2) is 34.6 Å². The molecular weight excluding hydrogens is 312 g/mol. The topological polar surface area (TPSA) is 50.3 Å². The molecule has 3 heterocycles. The van der Waals surface area contributed by atoms with E-state index in [0.717, 1.165) is 50.6 Å². The van der Waals surface area contributed by atoms with Gasteiger partial charge in [-0.3, -0.25) is 4.90 Å². The minimum absolute atomic E-state index is 0.354. The molecular formula is C20H26N4O. The molecule has 1 aromatic heterocycles. The van der Waals surface area contributed by atoms with E-state index >= 15 is 0 Å². The van der Waals surface area contributed by atoms with Crippen molar-refractivity contribution in [3.8, 4) is 5.75 Å². The molecule has 2 aliphatic rings. The van der Waals surface area contributed by atoms with Crippen molar-refractivity contribution in [3.05, 3.63) is 53.1 Å². The van der Waals surface area contributed by atoms with Crippen LogP contribution in [0.2, 0.25) is 0 Å². The quantitative estimate of drug-likeness (QED) is 0.908. The molecule has 132 valence electrons. The van der Waals surface area contributed by atoms with Crippen LogP contribution in [0.1, 0.15) is 48.5 Å². The molecule has 1 N–H and O–H groups in total. The molecule has 0 amide bonds. The number of aromatic nitrogens is 2. The fraction of sp³-hybridized carbons (Fsp3) is 0.500. The van der Waals surface area contributed by atoms with Crippen LogP contribution >= 0.6 is 0 Å². The summed E-state index contributed by atoms with van der Waals surface area (Å²) in [7, 11) is 0. The molecule has 5 heteroatoms. The van der Waals surface area contributed by atoms with Gasteiger partial charge in [0.05, 0.1) is 12.6 Å². The maximum absolute atomic E-state index is 5.52. The van der Waals surface area contributed by atoms with E-state index in [1.807, 2.05) is 13.1 Å². The predicted molar refractivity (Wildman–Crippen MR) is 97.4 cm³/mol. The molecule has 2 aromatic rings.